The highest BCUT2D eigenvalue weighted by Crippen LogP contribution is 2.38. The van der Waals surface area contributed by atoms with Gasteiger partial charge in [0.25, 0.3) is 5.91 Å². The predicted molar refractivity (Wildman–Crippen MR) is 129 cm³/mol. The van der Waals surface area contributed by atoms with E-state index in [1.54, 1.807) is 29.2 Å². The van der Waals surface area contributed by atoms with E-state index >= 15 is 0 Å². The van der Waals surface area contributed by atoms with E-state index in [9.17, 15) is 14.4 Å². The highest BCUT2D eigenvalue weighted by molar-refractivity contribution is 6.44. The number of Topliss-reactive ketones (excluding diaryl/α,β-unsaturated/α-hetero) is 2. The summed E-state index contributed by atoms with van der Waals surface area (Å²) in [5.41, 5.74) is 2.38. The molecule has 1 aliphatic rings. The molecule has 6 nitrogen and oxygen atoms in total. The van der Waals surface area contributed by atoms with Crippen LogP contribution in [0, 0.1) is 5.92 Å². The standard InChI is InChI=1S/C27H34N2O4/c1-6-17-33-22-13-11-21(12-14-22)25(30)23-24(20-9-7-19(8-10-20)18(2)3)29(16-15-28(4)5)27(32)26(23)31/h7-14,18,23-24H,6,15-17H2,1-5H3. The van der Waals surface area contributed by atoms with Gasteiger partial charge in [0.1, 0.15) is 11.7 Å². The number of hydrogen-bond donors (Lipinski definition) is 0. The van der Waals surface area contributed by atoms with Crippen molar-refractivity contribution in [1.29, 1.82) is 0 Å². The minimum atomic E-state index is -1.06. The van der Waals surface area contributed by atoms with E-state index < -0.39 is 23.7 Å². The van der Waals surface area contributed by atoms with Crippen LogP contribution in [0.25, 0.3) is 0 Å². The van der Waals surface area contributed by atoms with Gasteiger partial charge in [-0.2, -0.15) is 0 Å². The normalized spacial score (nSPS) is 18.5. The molecule has 3 rings (SSSR count). The minimum absolute atomic E-state index is 0.333. The van der Waals surface area contributed by atoms with Crippen LogP contribution in [-0.2, 0) is 9.59 Å². The first-order chi connectivity index (χ1) is 15.7. The highest BCUT2D eigenvalue weighted by atomic mass is 16.5. The van der Waals surface area contributed by atoms with Gasteiger partial charge in [0.15, 0.2) is 5.78 Å². The Morgan fingerprint density at radius 2 is 1.67 bits per heavy atom. The van der Waals surface area contributed by atoms with Crippen LogP contribution in [0.4, 0.5) is 0 Å². The Balaban J connectivity index is 1.96. The summed E-state index contributed by atoms with van der Waals surface area (Å²) >= 11 is 0. The lowest BCUT2D eigenvalue weighted by Crippen LogP contribution is -2.36. The van der Waals surface area contributed by atoms with Gasteiger partial charge in [-0.3, -0.25) is 14.4 Å². The van der Waals surface area contributed by atoms with E-state index in [2.05, 4.69) is 13.8 Å². The van der Waals surface area contributed by atoms with Crippen molar-refractivity contribution < 1.29 is 19.1 Å². The van der Waals surface area contributed by atoms with E-state index in [1.165, 1.54) is 5.56 Å². The number of likely N-dealkylation sites (tertiary alicyclic amines) is 1. The number of nitrogens with zero attached hydrogens (tertiary/aromatic N) is 2. The molecule has 0 spiro atoms. The maximum absolute atomic E-state index is 13.5. The summed E-state index contributed by atoms with van der Waals surface area (Å²) in [5, 5.41) is 0. The van der Waals surface area contributed by atoms with Crippen molar-refractivity contribution in [1.82, 2.24) is 9.80 Å². The molecular weight excluding hydrogens is 416 g/mol. The lowest BCUT2D eigenvalue weighted by Gasteiger charge is -2.28. The fraction of sp³-hybridized carbons (Fsp3) is 0.444. The van der Waals surface area contributed by atoms with Gasteiger partial charge in [-0.15, -0.1) is 0 Å². The fourth-order valence-electron chi connectivity index (χ4n) is 4.10. The smallest absolute Gasteiger partial charge is 0.291 e. The Labute approximate surface area is 196 Å². The van der Waals surface area contributed by atoms with E-state index in [1.807, 2.05) is 50.2 Å². The van der Waals surface area contributed by atoms with Gasteiger partial charge >= 0.3 is 0 Å². The highest BCUT2D eigenvalue weighted by Gasteiger charge is 2.51. The zero-order valence-corrected chi connectivity index (χ0v) is 20.2. The van der Waals surface area contributed by atoms with Gasteiger partial charge in [0, 0.05) is 18.7 Å². The summed E-state index contributed by atoms with van der Waals surface area (Å²) in [6.07, 6.45) is 0.888. The first kappa shape index (κ1) is 24.6. The topological polar surface area (TPSA) is 66.9 Å². The molecule has 176 valence electrons. The molecule has 2 atom stereocenters. The summed E-state index contributed by atoms with van der Waals surface area (Å²) in [4.78, 5) is 43.1. The van der Waals surface area contributed by atoms with Crippen LogP contribution < -0.4 is 4.74 Å². The Morgan fingerprint density at radius 3 is 2.21 bits per heavy atom. The zero-order chi connectivity index (χ0) is 24.1. The van der Waals surface area contributed by atoms with Gasteiger partial charge in [0.2, 0.25) is 5.78 Å². The molecule has 1 aliphatic heterocycles. The second-order valence-electron chi connectivity index (χ2n) is 9.15. The van der Waals surface area contributed by atoms with Gasteiger partial charge in [0.05, 0.1) is 12.6 Å². The number of likely N-dealkylation sites (N-methyl/N-ethyl adjacent to an activating group) is 1. The lowest BCUT2D eigenvalue weighted by atomic mass is 9.85. The SMILES string of the molecule is CCCOc1ccc(C(=O)C2C(=O)C(=O)N(CCN(C)C)C2c2ccc(C(C)C)cc2)cc1. The second-order valence-corrected chi connectivity index (χ2v) is 9.15. The molecule has 33 heavy (non-hydrogen) atoms. The predicted octanol–water partition coefficient (Wildman–Crippen LogP) is 4.11. The summed E-state index contributed by atoms with van der Waals surface area (Å²) in [7, 11) is 3.83. The molecule has 0 bridgehead atoms. The Bertz CT molecular complexity index is 980. The average Bonchev–Trinajstić information content (AvgIpc) is 3.06. The third-order valence-electron chi connectivity index (χ3n) is 6.03. The van der Waals surface area contributed by atoms with Gasteiger partial charge in [-0.25, -0.2) is 0 Å². The number of ether oxygens (including phenoxy) is 1. The van der Waals surface area contributed by atoms with E-state index in [4.69, 9.17) is 4.74 Å². The van der Waals surface area contributed by atoms with Crippen molar-refractivity contribution in [2.24, 2.45) is 5.92 Å². The van der Waals surface area contributed by atoms with Crippen molar-refractivity contribution in [3.8, 4) is 5.75 Å². The van der Waals surface area contributed by atoms with E-state index in [0.717, 1.165) is 12.0 Å². The van der Waals surface area contributed by atoms with Gasteiger partial charge < -0.3 is 14.5 Å². The number of rotatable bonds is 10. The van der Waals surface area contributed by atoms with Gasteiger partial charge in [-0.1, -0.05) is 45.0 Å². The van der Waals surface area contributed by atoms with Crippen LogP contribution in [0.2, 0.25) is 0 Å². The Kier molecular flexibility index (Phi) is 8.03. The molecule has 1 fully saturated rings. The Hall–Kier alpha value is -2.99. The van der Waals surface area contributed by atoms with E-state index in [-0.39, 0.29) is 5.78 Å². The summed E-state index contributed by atoms with van der Waals surface area (Å²) in [6.45, 7) is 7.82. The first-order valence-electron chi connectivity index (χ1n) is 11.6. The average molecular weight is 451 g/mol. The molecular formula is C27H34N2O4. The molecule has 0 N–H and O–H groups in total. The van der Waals surface area contributed by atoms with Crippen molar-refractivity contribution in [2.75, 3.05) is 33.8 Å². The van der Waals surface area contributed by atoms with Crippen LogP contribution in [0.15, 0.2) is 48.5 Å². The summed E-state index contributed by atoms with van der Waals surface area (Å²) in [5.74, 6) is -1.58. The number of carbonyl (C=O) groups is 3. The monoisotopic (exact) mass is 450 g/mol. The maximum atomic E-state index is 13.5. The van der Waals surface area contributed by atoms with Crippen molar-refractivity contribution in [3.05, 3.63) is 65.2 Å². The molecule has 2 aromatic carbocycles. The maximum Gasteiger partial charge on any atom is 0.291 e. The summed E-state index contributed by atoms with van der Waals surface area (Å²) < 4.78 is 5.60. The molecule has 0 saturated carbocycles. The molecule has 0 radical (unpaired) electrons. The molecule has 0 aliphatic carbocycles. The number of amides is 1. The second kappa shape index (κ2) is 10.8. The number of benzene rings is 2. The van der Waals surface area contributed by atoms with Crippen molar-refractivity contribution >= 4 is 17.5 Å². The van der Waals surface area contributed by atoms with Crippen LogP contribution in [0.3, 0.4) is 0 Å². The van der Waals surface area contributed by atoms with Crippen LogP contribution in [0.5, 0.6) is 5.75 Å². The Morgan fingerprint density at radius 1 is 1.03 bits per heavy atom. The molecule has 2 aromatic rings. The van der Waals surface area contributed by atoms with Crippen molar-refractivity contribution in [2.45, 2.75) is 39.2 Å². The third-order valence-corrected chi connectivity index (χ3v) is 6.03. The largest absolute Gasteiger partial charge is 0.494 e. The van der Waals surface area contributed by atoms with Crippen LogP contribution in [0.1, 0.15) is 60.6 Å². The number of carbonyl (C=O) groups excluding carboxylic acids is 3. The molecule has 1 amide bonds. The summed E-state index contributed by atoms with van der Waals surface area (Å²) in [6, 6.07) is 14.1. The van der Waals surface area contributed by atoms with Gasteiger partial charge in [-0.05, 0) is 61.8 Å². The third kappa shape index (κ3) is 5.50. The molecule has 1 heterocycles. The quantitative estimate of drug-likeness (QED) is 0.310. The fourth-order valence-corrected chi connectivity index (χ4v) is 4.10. The molecule has 1 saturated heterocycles. The number of ketones is 2. The lowest BCUT2D eigenvalue weighted by molar-refractivity contribution is -0.140. The van der Waals surface area contributed by atoms with Crippen LogP contribution >= 0.6 is 0 Å². The first-order valence-corrected chi connectivity index (χ1v) is 11.6. The molecule has 6 heteroatoms. The van der Waals surface area contributed by atoms with Crippen molar-refractivity contribution in [3.63, 3.8) is 0 Å². The zero-order valence-electron chi connectivity index (χ0n) is 20.2. The minimum Gasteiger partial charge on any atom is -0.494 e. The molecule has 2 unspecified atom stereocenters. The molecule has 0 aromatic heterocycles. The number of hydrogen-bond acceptors (Lipinski definition) is 5. The van der Waals surface area contributed by atoms with E-state index in [0.29, 0.717) is 36.9 Å². The van der Waals surface area contributed by atoms with Crippen LogP contribution in [-0.4, -0.2) is 61.1 Å².